The molecule has 0 radical (unpaired) electrons. The second kappa shape index (κ2) is 5.85. The summed E-state index contributed by atoms with van der Waals surface area (Å²) in [6.07, 6.45) is 7.21. The van der Waals surface area contributed by atoms with Crippen molar-refractivity contribution in [1.29, 1.82) is 0 Å². The summed E-state index contributed by atoms with van der Waals surface area (Å²) in [5, 5.41) is 3.35. The number of pyridine rings is 1. The summed E-state index contributed by atoms with van der Waals surface area (Å²) in [5.41, 5.74) is 2.16. The largest absolute Gasteiger partial charge is 0.385 e. The molecule has 1 fully saturated rings. The number of rotatable bonds is 6. The molecule has 1 heterocycles. The number of ether oxygens (including phenoxy) is 1. The van der Waals surface area contributed by atoms with Crippen molar-refractivity contribution in [3.63, 3.8) is 0 Å². The predicted molar refractivity (Wildman–Crippen MR) is 65.4 cm³/mol. The van der Waals surface area contributed by atoms with Crippen LogP contribution in [0.25, 0.3) is 0 Å². The van der Waals surface area contributed by atoms with Gasteiger partial charge in [-0.25, -0.2) is 0 Å². The molecule has 0 aliphatic heterocycles. The number of hydrogen-bond donors (Lipinski definition) is 1. The molecule has 0 saturated heterocycles. The number of anilines is 1. The Kier molecular flexibility index (Phi) is 4.17. The molecule has 16 heavy (non-hydrogen) atoms. The Morgan fingerprint density at radius 2 is 2.38 bits per heavy atom. The number of nitrogens with one attached hydrogen (secondary N) is 1. The van der Waals surface area contributed by atoms with E-state index in [1.54, 1.807) is 0 Å². The first-order valence-corrected chi connectivity index (χ1v) is 6.19. The minimum Gasteiger partial charge on any atom is -0.385 e. The zero-order valence-electron chi connectivity index (χ0n) is 9.91. The minimum atomic E-state index is 0.481. The lowest BCUT2D eigenvalue weighted by atomic mass is 9.96. The van der Waals surface area contributed by atoms with E-state index in [1.807, 2.05) is 12.3 Å². The Bertz CT molecular complexity index is 323. The van der Waals surface area contributed by atoms with Gasteiger partial charge in [-0.3, -0.25) is 4.98 Å². The van der Waals surface area contributed by atoms with E-state index in [-0.39, 0.29) is 0 Å². The molecule has 0 atom stereocenters. The predicted octanol–water partition coefficient (Wildman–Crippen LogP) is 2.97. The molecule has 1 saturated carbocycles. The topological polar surface area (TPSA) is 34.2 Å². The van der Waals surface area contributed by atoms with E-state index in [0.717, 1.165) is 24.3 Å². The van der Waals surface area contributed by atoms with Crippen LogP contribution < -0.4 is 5.32 Å². The molecular weight excluding hydrogens is 200 g/mol. The average Bonchev–Trinajstić information content (AvgIpc) is 2.25. The highest BCUT2D eigenvalue weighted by atomic mass is 16.5. The van der Waals surface area contributed by atoms with Crippen LogP contribution in [0.5, 0.6) is 0 Å². The van der Waals surface area contributed by atoms with E-state index in [0.29, 0.717) is 12.7 Å². The fraction of sp³-hybridized carbons (Fsp3) is 0.615. The summed E-state index contributed by atoms with van der Waals surface area (Å²) in [7, 11) is 0. The SMILES string of the molecule is CCCNc1ccnc(COC2CCC2)c1. The fourth-order valence-electron chi connectivity index (χ4n) is 1.68. The van der Waals surface area contributed by atoms with Gasteiger partial charge in [-0.2, -0.15) is 0 Å². The zero-order valence-corrected chi connectivity index (χ0v) is 9.91. The van der Waals surface area contributed by atoms with Gasteiger partial charge in [-0.05, 0) is 37.8 Å². The second-order valence-electron chi connectivity index (χ2n) is 4.33. The molecule has 0 spiro atoms. The van der Waals surface area contributed by atoms with Crippen molar-refractivity contribution < 1.29 is 4.74 Å². The molecule has 88 valence electrons. The van der Waals surface area contributed by atoms with Crippen LogP contribution in [-0.4, -0.2) is 17.6 Å². The van der Waals surface area contributed by atoms with Crippen molar-refractivity contribution in [2.75, 3.05) is 11.9 Å². The van der Waals surface area contributed by atoms with Crippen molar-refractivity contribution in [1.82, 2.24) is 4.98 Å². The van der Waals surface area contributed by atoms with Gasteiger partial charge >= 0.3 is 0 Å². The molecule has 0 bridgehead atoms. The molecule has 1 aliphatic rings. The third kappa shape index (κ3) is 3.20. The Balaban J connectivity index is 1.82. The number of nitrogens with zero attached hydrogens (tertiary/aromatic N) is 1. The lowest BCUT2D eigenvalue weighted by Crippen LogP contribution is -2.21. The highest BCUT2D eigenvalue weighted by Crippen LogP contribution is 2.23. The monoisotopic (exact) mass is 220 g/mol. The standard InChI is InChI=1S/C13H20N2O/c1-2-7-14-11-6-8-15-12(9-11)10-16-13-4-3-5-13/h6,8-9,13H,2-5,7,10H2,1H3,(H,14,15). The maximum Gasteiger partial charge on any atom is 0.0892 e. The first kappa shape index (κ1) is 11.4. The normalized spacial score (nSPS) is 15.8. The molecule has 1 N–H and O–H groups in total. The van der Waals surface area contributed by atoms with Gasteiger partial charge in [-0.1, -0.05) is 6.92 Å². The van der Waals surface area contributed by atoms with Crippen molar-refractivity contribution >= 4 is 5.69 Å². The van der Waals surface area contributed by atoms with Crippen LogP contribution in [0, 0.1) is 0 Å². The van der Waals surface area contributed by atoms with Gasteiger partial charge in [0.05, 0.1) is 18.4 Å². The highest BCUT2D eigenvalue weighted by Gasteiger charge is 2.17. The molecule has 3 nitrogen and oxygen atoms in total. The van der Waals surface area contributed by atoms with Crippen LogP contribution in [0.15, 0.2) is 18.3 Å². The summed E-state index contributed by atoms with van der Waals surface area (Å²) in [6, 6.07) is 4.08. The van der Waals surface area contributed by atoms with Gasteiger partial charge in [0.15, 0.2) is 0 Å². The Morgan fingerprint density at radius 1 is 1.50 bits per heavy atom. The fourth-order valence-corrected chi connectivity index (χ4v) is 1.68. The molecule has 3 heteroatoms. The minimum absolute atomic E-state index is 0.481. The smallest absolute Gasteiger partial charge is 0.0892 e. The van der Waals surface area contributed by atoms with Gasteiger partial charge < -0.3 is 10.1 Å². The second-order valence-corrected chi connectivity index (χ2v) is 4.33. The van der Waals surface area contributed by atoms with E-state index >= 15 is 0 Å². The highest BCUT2D eigenvalue weighted by molar-refractivity contribution is 5.42. The van der Waals surface area contributed by atoms with Crippen LogP contribution in [0.1, 0.15) is 38.3 Å². The average molecular weight is 220 g/mol. The molecule has 1 aromatic heterocycles. The molecular formula is C13H20N2O. The Hall–Kier alpha value is -1.09. The molecule has 0 unspecified atom stereocenters. The van der Waals surface area contributed by atoms with E-state index in [4.69, 9.17) is 4.74 Å². The number of hydrogen-bond acceptors (Lipinski definition) is 3. The molecule has 0 aromatic carbocycles. The van der Waals surface area contributed by atoms with Crippen molar-refractivity contribution in [2.24, 2.45) is 0 Å². The van der Waals surface area contributed by atoms with Crippen molar-refractivity contribution in [3.8, 4) is 0 Å². The first-order valence-electron chi connectivity index (χ1n) is 6.19. The van der Waals surface area contributed by atoms with Crippen LogP contribution >= 0.6 is 0 Å². The van der Waals surface area contributed by atoms with E-state index in [2.05, 4.69) is 23.3 Å². The summed E-state index contributed by atoms with van der Waals surface area (Å²) in [6.45, 7) is 3.81. The molecule has 0 amide bonds. The van der Waals surface area contributed by atoms with Gasteiger partial charge in [0, 0.05) is 18.4 Å². The third-order valence-corrected chi connectivity index (χ3v) is 2.91. The summed E-state index contributed by atoms with van der Waals surface area (Å²) in [4.78, 5) is 4.31. The molecule has 1 aliphatic carbocycles. The quantitative estimate of drug-likeness (QED) is 0.800. The van der Waals surface area contributed by atoms with E-state index in [9.17, 15) is 0 Å². The van der Waals surface area contributed by atoms with E-state index in [1.165, 1.54) is 19.3 Å². The molecule has 1 aromatic rings. The lowest BCUT2D eigenvalue weighted by molar-refractivity contribution is -0.0101. The van der Waals surface area contributed by atoms with Crippen LogP contribution in [0.4, 0.5) is 5.69 Å². The lowest BCUT2D eigenvalue weighted by Gasteiger charge is -2.25. The zero-order chi connectivity index (χ0) is 11.2. The maximum atomic E-state index is 5.73. The Labute approximate surface area is 97.2 Å². The Morgan fingerprint density at radius 3 is 3.06 bits per heavy atom. The third-order valence-electron chi connectivity index (χ3n) is 2.91. The van der Waals surface area contributed by atoms with Crippen LogP contribution in [-0.2, 0) is 11.3 Å². The maximum absolute atomic E-state index is 5.73. The summed E-state index contributed by atoms with van der Waals surface area (Å²) >= 11 is 0. The van der Waals surface area contributed by atoms with Crippen LogP contribution in [0.2, 0.25) is 0 Å². The van der Waals surface area contributed by atoms with E-state index < -0.39 is 0 Å². The van der Waals surface area contributed by atoms with Gasteiger partial charge in [-0.15, -0.1) is 0 Å². The van der Waals surface area contributed by atoms with Gasteiger partial charge in [0.2, 0.25) is 0 Å². The van der Waals surface area contributed by atoms with Gasteiger partial charge in [0.1, 0.15) is 0 Å². The van der Waals surface area contributed by atoms with Crippen molar-refractivity contribution in [3.05, 3.63) is 24.0 Å². The molecule has 2 rings (SSSR count). The first-order chi connectivity index (χ1) is 7.88. The van der Waals surface area contributed by atoms with Crippen LogP contribution in [0.3, 0.4) is 0 Å². The van der Waals surface area contributed by atoms with Crippen molar-refractivity contribution in [2.45, 2.75) is 45.3 Å². The number of aromatic nitrogens is 1. The summed E-state index contributed by atoms with van der Waals surface area (Å²) < 4.78 is 5.73. The van der Waals surface area contributed by atoms with Gasteiger partial charge in [0.25, 0.3) is 0 Å². The summed E-state index contributed by atoms with van der Waals surface area (Å²) in [5.74, 6) is 0.